The van der Waals surface area contributed by atoms with Crippen LogP contribution in [0, 0.1) is 0 Å². The standard InChI is InChI=1S/C11H19N3O2/c1-3-9-12-10(16-13-9)8-14-6-4-11(2,15)5-7-14/h15H,3-8H2,1-2H3. The van der Waals surface area contributed by atoms with Gasteiger partial charge in [-0.05, 0) is 19.8 Å². The quantitative estimate of drug-likeness (QED) is 0.830. The van der Waals surface area contributed by atoms with Crippen LogP contribution in [-0.4, -0.2) is 38.8 Å². The van der Waals surface area contributed by atoms with Crippen LogP contribution < -0.4 is 0 Å². The summed E-state index contributed by atoms with van der Waals surface area (Å²) in [6.45, 7) is 6.37. The number of aliphatic hydroxyl groups is 1. The number of aromatic nitrogens is 2. The highest BCUT2D eigenvalue weighted by molar-refractivity contribution is 4.88. The highest BCUT2D eigenvalue weighted by Crippen LogP contribution is 2.21. The first-order chi connectivity index (χ1) is 7.59. The summed E-state index contributed by atoms with van der Waals surface area (Å²) < 4.78 is 5.14. The maximum absolute atomic E-state index is 9.82. The van der Waals surface area contributed by atoms with Crippen molar-refractivity contribution in [1.29, 1.82) is 0 Å². The van der Waals surface area contributed by atoms with Crippen molar-refractivity contribution in [2.24, 2.45) is 0 Å². The molecule has 0 aliphatic carbocycles. The Morgan fingerprint density at radius 2 is 2.12 bits per heavy atom. The van der Waals surface area contributed by atoms with E-state index in [0.29, 0.717) is 12.4 Å². The molecule has 0 saturated carbocycles. The molecule has 0 bridgehead atoms. The average Bonchev–Trinajstić information content (AvgIpc) is 2.69. The highest BCUT2D eigenvalue weighted by Gasteiger charge is 2.27. The Kier molecular flexibility index (Phi) is 3.25. The van der Waals surface area contributed by atoms with E-state index in [2.05, 4.69) is 15.0 Å². The van der Waals surface area contributed by atoms with E-state index in [1.165, 1.54) is 0 Å². The van der Waals surface area contributed by atoms with Crippen molar-refractivity contribution < 1.29 is 9.63 Å². The predicted molar refractivity (Wildman–Crippen MR) is 58.8 cm³/mol. The van der Waals surface area contributed by atoms with E-state index in [1.54, 1.807) is 0 Å². The molecule has 16 heavy (non-hydrogen) atoms. The normalized spacial score (nSPS) is 21.2. The van der Waals surface area contributed by atoms with Gasteiger partial charge in [0.1, 0.15) is 0 Å². The van der Waals surface area contributed by atoms with Crippen LogP contribution in [-0.2, 0) is 13.0 Å². The van der Waals surface area contributed by atoms with Crippen LogP contribution in [0.15, 0.2) is 4.52 Å². The molecule has 1 N–H and O–H groups in total. The zero-order valence-corrected chi connectivity index (χ0v) is 9.94. The van der Waals surface area contributed by atoms with E-state index in [4.69, 9.17) is 4.52 Å². The highest BCUT2D eigenvalue weighted by atomic mass is 16.5. The Balaban J connectivity index is 1.87. The van der Waals surface area contributed by atoms with E-state index in [-0.39, 0.29) is 0 Å². The molecular weight excluding hydrogens is 206 g/mol. The van der Waals surface area contributed by atoms with E-state index in [0.717, 1.165) is 38.2 Å². The molecule has 1 aliphatic heterocycles. The van der Waals surface area contributed by atoms with Gasteiger partial charge in [0.05, 0.1) is 12.1 Å². The molecule has 2 heterocycles. The molecule has 0 amide bonds. The summed E-state index contributed by atoms with van der Waals surface area (Å²) in [6.07, 6.45) is 2.42. The number of rotatable bonds is 3. The fraction of sp³-hybridized carbons (Fsp3) is 0.818. The second kappa shape index (κ2) is 4.51. The lowest BCUT2D eigenvalue weighted by molar-refractivity contribution is -0.00944. The zero-order chi connectivity index (χ0) is 11.6. The molecule has 1 aromatic rings. The first kappa shape index (κ1) is 11.5. The topological polar surface area (TPSA) is 62.4 Å². The summed E-state index contributed by atoms with van der Waals surface area (Å²) in [5.74, 6) is 1.44. The fourth-order valence-electron chi connectivity index (χ4n) is 1.88. The molecule has 90 valence electrons. The Bertz CT molecular complexity index is 339. The smallest absolute Gasteiger partial charge is 0.240 e. The minimum Gasteiger partial charge on any atom is -0.390 e. The molecule has 0 spiro atoms. The third-order valence-electron chi connectivity index (χ3n) is 3.12. The molecule has 0 unspecified atom stereocenters. The molecule has 1 aliphatic rings. The SMILES string of the molecule is CCc1noc(CN2CCC(C)(O)CC2)n1. The van der Waals surface area contributed by atoms with Gasteiger partial charge in [-0.1, -0.05) is 12.1 Å². The number of piperidine rings is 1. The van der Waals surface area contributed by atoms with Gasteiger partial charge in [-0.3, -0.25) is 4.90 Å². The van der Waals surface area contributed by atoms with E-state index in [9.17, 15) is 5.11 Å². The maximum Gasteiger partial charge on any atom is 0.240 e. The second-order valence-corrected chi connectivity index (χ2v) is 4.73. The van der Waals surface area contributed by atoms with Crippen LogP contribution in [0.25, 0.3) is 0 Å². The molecule has 5 nitrogen and oxygen atoms in total. The predicted octanol–water partition coefficient (Wildman–Crippen LogP) is 0.979. The summed E-state index contributed by atoms with van der Waals surface area (Å²) in [5, 5.41) is 13.7. The molecule has 1 aromatic heterocycles. The fourth-order valence-corrected chi connectivity index (χ4v) is 1.88. The van der Waals surface area contributed by atoms with Crippen molar-refractivity contribution >= 4 is 0 Å². The van der Waals surface area contributed by atoms with Gasteiger partial charge in [0.2, 0.25) is 5.89 Å². The maximum atomic E-state index is 9.82. The number of likely N-dealkylation sites (tertiary alicyclic amines) is 1. The molecule has 1 saturated heterocycles. The summed E-state index contributed by atoms with van der Waals surface area (Å²) in [4.78, 5) is 6.52. The van der Waals surface area contributed by atoms with Gasteiger partial charge in [0, 0.05) is 19.5 Å². The zero-order valence-electron chi connectivity index (χ0n) is 9.94. The first-order valence-corrected chi connectivity index (χ1v) is 5.85. The molecule has 0 aromatic carbocycles. The Morgan fingerprint density at radius 1 is 1.44 bits per heavy atom. The lowest BCUT2D eigenvalue weighted by atomic mass is 9.94. The lowest BCUT2D eigenvalue weighted by Crippen LogP contribution is -2.42. The van der Waals surface area contributed by atoms with Crippen LogP contribution in [0.1, 0.15) is 38.4 Å². The second-order valence-electron chi connectivity index (χ2n) is 4.73. The molecule has 2 rings (SSSR count). The number of hydrogen-bond acceptors (Lipinski definition) is 5. The lowest BCUT2D eigenvalue weighted by Gasteiger charge is -2.34. The summed E-state index contributed by atoms with van der Waals surface area (Å²) >= 11 is 0. The summed E-state index contributed by atoms with van der Waals surface area (Å²) in [6, 6.07) is 0. The first-order valence-electron chi connectivity index (χ1n) is 5.85. The van der Waals surface area contributed by atoms with Gasteiger partial charge >= 0.3 is 0 Å². The van der Waals surface area contributed by atoms with Gasteiger partial charge < -0.3 is 9.63 Å². The third kappa shape index (κ3) is 2.80. The average molecular weight is 225 g/mol. The molecular formula is C11H19N3O2. The number of hydrogen-bond donors (Lipinski definition) is 1. The largest absolute Gasteiger partial charge is 0.390 e. The summed E-state index contributed by atoms with van der Waals surface area (Å²) in [5.41, 5.74) is -0.500. The van der Waals surface area contributed by atoms with Crippen molar-refractivity contribution in [1.82, 2.24) is 15.0 Å². The molecule has 0 atom stereocenters. The minimum absolute atomic E-state index is 0.500. The van der Waals surface area contributed by atoms with Gasteiger partial charge in [-0.25, -0.2) is 0 Å². The van der Waals surface area contributed by atoms with E-state index >= 15 is 0 Å². The van der Waals surface area contributed by atoms with Crippen LogP contribution >= 0.6 is 0 Å². The van der Waals surface area contributed by atoms with Crippen LogP contribution in [0.5, 0.6) is 0 Å². The summed E-state index contributed by atoms with van der Waals surface area (Å²) in [7, 11) is 0. The number of aryl methyl sites for hydroxylation is 1. The monoisotopic (exact) mass is 225 g/mol. The van der Waals surface area contributed by atoms with E-state index < -0.39 is 5.60 Å². The van der Waals surface area contributed by atoms with Crippen LogP contribution in [0.2, 0.25) is 0 Å². The van der Waals surface area contributed by atoms with Crippen molar-refractivity contribution in [3.05, 3.63) is 11.7 Å². The Morgan fingerprint density at radius 3 is 2.69 bits per heavy atom. The molecule has 5 heteroatoms. The Hall–Kier alpha value is -0.940. The van der Waals surface area contributed by atoms with Crippen molar-refractivity contribution in [3.8, 4) is 0 Å². The van der Waals surface area contributed by atoms with Crippen LogP contribution in [0.4, 0.5) is 0 Å². The van der Waals surface area contributed by atoms with Gasteiger partial charge in [0.15, 0.2) is 5.82 Å². The van der Waals surface area contributed by atoms with Gasteiger partial charge in [0.25, 0.3) is 0 Å². The molecule has 0 radical (unpaired) electrons. The molecule has 1 fully saturated rings. The van der Waals surface area contributed by atoms with Crippen molar-refractivity contribution in [2.45, 2.75) is 45.3 Å². The van der Waals surface area contributed by atoms with Crippen molar-refractivity contribution in [3.63, 3.8) is 0 Å². The minimum atomic E-state index is -0.500. The number of nitrogens with zero attached hydrogens (tertiary/aromatic N) is 3. The third-order valence-corrected chi connectivity index (χ3v) is 3.12. The van der Waals surface area contributed by atoms with Gasteiger partial charge in [-0.2, -0.15) is 4.98 Å². The van der Waals surface area contributed by atoms with Gasteiger partial charge in [-0.15, -0.1) is 0 Å². The van der Waals surface area contributed by atoms with Crippen molar-refractivity contribution in [2.75, 3.05) is 13.1 Å². The van der Waals surface area contributed by atoms with E-state index in [1.807, 2.05) is 13.8 Å². The Labute approximate surface area is 95.4 Å². The van der Waals surface area contributed by atoms with Crippen LogP contribution in [0.3, 0.4) is 0 Å².